The van der Waals surface area contributed by atoms with Gasteiger partial charge in [-0.2, -0.15) is 5.26 Å². The Hall–Kier alpha value is -15.8. The molecule has 0 saturated carbocycles. The van der Waals surface area contributed by atoms with Crippen molar-refractivity contribution in [3.8, 4) is 165 Å². The van der Waals surface area contributed by atoms with Crippen LogP contribution in [0, 0.1) is 11.3 Å². The Morgan fingerprint density at radius 3 is 0.741 bits per heavy atom. The Bertz CT molecular complexity index is 6700. The van der Waals surface area contributed by atoms with Gasteiger partial charge in [0.2, 0.25) is 0 Å². The maximum absolute atomic E-state index is 10.3. The Morgan fingerprint density at radius 1 is 0.188 bits per heavy atom. The normalized spacial score (nSPS) is 11.2. The summed E-state index contributed by atoms with van der Waals surface area (Å²) >= 11 is 0. The lowest BCUT2D eigenvalue weighted by atomic mass is 9.97. The molecule has 0 aliphatic rings. The molecule has 0 spiro atoms. The SMILES string of the molecule is N#Cc1cc(-c2nc(-c3ccccc3)nc(-c3ccccc3)n2)cc(-c2cccc3c2oc2cccc(-c4nc(-c5ccccc5)nc(-c5ccccc5)n4)c23)c1.c1ccc(-c2nc(-c3ccccc3)nc(-c3cccc(-c4cccc5c4oc4cccc(-c6nc(-c7ccccc7)nc(-c7ccccc7)n6)c45)c3)n2)cc1. The molecule has 20 rings (SSSR count). The van der Waals surface area contributed by atoms with Gasteiger partial charge in [0.1, 0.15) is 22.3 Å². The summed E-state index contributed by atoms with van der Waals surface area (Å²) in [6.45, 7) is 0. The average molecular weight is 1440 g/mol. The number of benzene rings is 14. The van der Waals surface area contributed by atoms with E-state index in [0.29, 0.717) is 92.2 Å². The van der Waals surface area contributed by atoms with E-state index >= 15 is 0 Å². The molecule has 524 valence electrons. The Balaban J connectivity index is 0.000000151. The molecular weight excluding hydrogens is 1380 g/mol. The Morgan fingerprint density at radius 2 is 0.420 bits per heavy atom. The first kappa shape index (κ1) is 66.9. The zero-order valence-corrected chi connectivity index (χ0v) is 59.7. The first-order valence-electron chi connectivity index (χ1n) is 36.5. The lowest BCUT2D eigenvalue weighted by molar-refractivity contribution is 0.669. The van der Waals surface area contributed by atoms with E-state index in [0.717, 1.165) is 116 Å². The fraction of sp³-hybridized carbons (Fsp3) is 0. The number of furan rings is 2. The van der Waals surface area contributed by atoms with Crippen LogP contribution in [0.4, 0.5) is 0 Å². The molecule has 0 aliphatic carbocycles. The van der Waals surface area contributed by atoms with E-state index in [-0.39, 0.29) is 0 Å². The number of rotatable bonds is 14. The van der Waals surface area contributed by atoms with Gasteiger partial charge in [-0.05, 0) is 47.5 Å². The molecule has 6 aromatic heterocycles. The van der Waals surface area contributed by atoms with Crippen LogP contribution in [0.2, 0.25) is 0 Å². The smallest absolute Gasteiger partial charge is 0.164 e. The van der Waals surface area contributed by atoms with E-state index in [9.17, 15) is 5.26 Å². The molecule has 0 atom stereocenters. The van der Waals surface area contributed by atoms with Gasteiger partial charge in [-0.15, -0.1) is 0 Å². The van der Waals surface area contributed by atoms with E-state index in [4.69, 9.17) is 68.6 Å². The van der Waals surface area contributed by atoms with Gasteiger partial charge in [0, 0.05) is 99.4 Å². The molecule has 0 N–H and O–H groups in total. The summed E-state index contributed by atoms with van der Waals surface area (Å²) < 4.78 is 13.4. The van der Waals surface area contributed by atoms with E-state index < -0.39 is 0 Å². The summed E-state index contributed by atoms with van der Waals surface area (Å²) in [5.74, 6) is 6.85. The number of nitrogens with zero attached hydrogens (tertiary/aromatic N) is 13. The van der Waals surface area contributed by atoms with E-state index in [1.54, 1.807) is 0 Å². The highest BCUT2D eigenvalue weighted by molar-refractivity contribution is 6.16. The van der Waals surface area contributed by atoms with E-state index in [2.05, 4.69) is 42.5 Å². The molecule has 0 bridgehead atoms. The largest absolute Gasteiger partial charge is 0.455 e. The molecule has 15 nitrogen and oxygen atoms in total. The molecular formula is C97H59N13O2. The lowest BCUT2D eigenvalue weighted by Crippen LogP contribution is -2.00. The average Bonchev–Trinajstić information content (AvgIpc) is 1.58. The van der Waals surface area contributed by atoms with Gasteiger partial charge in [-0.3, -0.25) is 0 Å². The molecule has 0 saturated heterocycles. The molecule has 0 radical (unpaired) electrons. The second kappa shape index (κ2) is 29.5. The van der Waals surface area contributed by atoms with Crippen molar-refractivity contribution >= 4 is 43.9 Å². The van der Waals surface area contributed by atoms with Crippen LogP contribution in [0.25, 0.3) is 203 Å². The fourth-order valence-electron chi connectivity index (χ4n) is 14.1. The second-order valence-electron chi connectivity index (χ2n) is 26.6. The minimum atomic E-state index is 0.457. The van der Waals surface area contributed by atoms with Crippen LogP contribution in [0.15, 0.2) is 367 Å². The molecule has 0 fully saturated rings. The summed E-state index contributed by atoms with van der Waals surface area (Å²) in [5.41, 5.74) is 17.3. The molecule has 15 heteroatoms. The van der Waals surface area contributed by atoms with E-state index in [1.165, 1.54) is 0 Å². The highest BCUT2D eigenvalue weighted by atomic mass is 16.3. The fourth-order valence-corrected chi connectivity index (χ4v) is 14.1. The maximum Gasteiger partial charge on any atom is 0.164 e. The van der Waals surface area contributed by atoms with Gasteiger partial charge in [0.05, 0.1) is 11.6 Å². The molecule has 112 heavy (non-hydrogen) atoms. The Kier molecular flexibility index (Phi) is 17.6. The minimum absolute atomic E-state index is 0.457. The first-order valence-corrected chi connectivity index (χ1v) is 36.5. The highest BCUT2D eigenvalue weighted by Gasteiger charge is 2.24. The Labute approximate surface area is 642 Å². The van der Waals surface area contributed by atoms with Crippen LogP contribution in [0.1, 0.15) is 5.56 Å². The molecule has 0 aliphatic heterocycles. The third-order valence-corrected chi connectivity index (χ3v) is 19.4. The number of aromatic nitrogens is 12. The van der Waals surface area contributed by atoms with Gasteiger partial charge in [0.25, 0.3) is 0 Å². The van der Waals surface area contributed by atoms with Crippen molar-refractivity contribution in [3.05, 3.63) is 363 Å². The van der Waals surface area contributed by atoms with Gasteiger partial charge >= 0.3 is 0 Å². The first-order chi connectivity index (χ1) is 55.4. The monoisotopic (exact) mass is 1440 g/mol. The number of hydrogen-bond donors (Lipinski definition) is 0. The van der Waals surface area contributed by atoms with Crippen LogP contribution in [-0.4, -0.2) is 59.8 Å². The van der Waals surface area contributed by atoms with Gasteiger partial charge in [0.15, 0.2) is 69.9 Å². The molecule has 0 amide bonds. The zero-order valence-electron chi connectivity index (χ0n) is 59.7. The quantitative estimate of drug-likeness (QED) is 0.0993. The minimum Gasteiger partial charge on any atom is -0.455 e. The summed E-state index contributed by atoms with van der Waals surface area (Å²) in [4.78, 5) is 59.4. The molecule has 20 aromatic rings. The van der Waals surface area contributed by atoms with Gasteiger partial charge < -0.3 is 8.83 Å². The second-order valence-corrected chi connectivity index (χ2v) is 26.6. The molecule has 6 heterocycles. The topological polar surface area (TPSA) is 205 Å². The maximum atomic E-state index is 10.3. The van der Waals surface area contributed by atoms with Crippen molar-refractivity contribution in [2.24, 2.45) is 0 Å². The lowest BCUT2D eigenvalue weighted by Gasteiger charge is -2.10. The van der Waals surface area contributed by atoms with Gasteiger partial charge in [-0.25, -0.2) is 59.8 Å². The van der Waals surface area contributed by atoms with Crippen LogP contribution >= 0.6 is 0 Å². The summed E-state index contributed by atoms with van der Waals surface area (Å²) in [6, 6.07) is 120. The third-order valence-electron chi connectivity index (χ3n) is 19.4. The van der Waals surface area contributed by atoms with Crippen LogP contribution < -0.4 is 0 Å². The van der Waals surface area contributed by atoms with Crippen molar-refractivity contribution in [1.82, 2.24) is 59.8 Å². The third kappa shape index (κ3) is 13.3. The van der Waals surface area contributed by atoms with E-state index in [1.807, 2.05) is 322 Å². The number of para-hydroxylation sites is 2. The highest BCUT2D eigenvalue weighted by Crippen LogP contribution is 2.44. The van der Waals surface area contributed by atoms with Crippen molar-refractivity contribution in [2.75, 3.05) is 0 Å². The van der Waals surface area contributed by atoms with Gasteiger partial charge in [-0.1, -0.05) is 322 Å². The number of hydrogen-bond acceptors (Lipinski definition) is 15. The zero-order chi connectivity index (χ0) is 74.7. The predicted octanol–water partition coefficient (Wildman–Crippen LogP) is 23.1. The van der Waals surface area contributed by atoms with Crippen molar-refractivity contribution in [2.45, 2.75) is 0 Å². The van der Waals surface area contributed by atoms with Crippen molar-refractivity contribution < 1.29 is 8.83 Å². The summed E-state index contributed by atoms with van der Waals surface area (Å²) in [5, 5.41) is 14.0. The van der Waals surface area contributed by atoms with Crippen LogP contribution in [0.3, 0.4) is 0 Å². The molecule has 14 aromatic carbocycles. The number of fused-ring (bicyclic) bond motifs is 6. The standard InChI is InChI=1S/C49H29N7O.C48H30N6O/c50-30-31-27-36(29-37(28-31)48-53-44(32-15-5-1-6-16-32)51-45(54-48)33-17-7-2-8-18-33)38-23-13-24-39-42-40(25-14-26-41(42)57-43(38)39)49-55-46(34-19-9-3-10-20-34)52-47(56-49)35-21-11-4-12-22-35;1-5-16-31(17-6-1)43-49-44(32-18-7-2-8-19-32)52-47(51-43)36-25-13-24-35(30-36)37-26-14-27-38-41-39(28-15-29-40(41)55-42(37)38)48-53-45(33-20-9-3-10-21-33)50-46(54-48)34-22-11-4-12-23-34/h1-29H;1-30H. The summed E-state index contributed by atoms with van der Waals surface area (Å²) in [6.07, 6.45) is 0. The molecule has 0 unspecified atom stereocenters. The van der Waals surface area contributed by atoms with Crippen molar-refractivity contribution in [3.63, 3.8) is 0 Å². The summed E-state index contributed by atoms with van der Waals surface area (Å²) in [7, 11) is 0. The van der Waals surface area contributed by atoms with Crippen LogP contribution in [0.5, 0.6) is 0 Å². The van der Waals surface area contributed by atoms with Crippen molar-refractivity contribution in [1.29, 1.82) is 5.26 Å². The number of nitriles is 1. The van der Waals surface area contributed by atoms with Crippen LogP contribution in [-0.2, 0) is 0 Å². The predicted molar refractivity (Wildman–Crippen MR) is 442 cm³/mol.